The van der Waals surface area contributed by atoms with E-state index in [-0.39, 0.29) is 5.91 Å². The molecule has 0 bridgehead atoms. The van der Waals surface area contributed by atoms with Gasteiger partial charge >= 0.3 is 0 Å². The van der Waals surface area contributed by atoms with Crippen LogP contribution in [0.5, 0.6) is 0 Å². The molecule has 1 aromatic rings. The normalized spacial score (nSPS) is 9.93. The predicted molar refractivity (Wildman–Crippen MR) is 59.1 cm³/mol. The number of likely N-dealkylation sites (N-methyl/N-ethyl adjacent to an activating group) is 1. The zero-order valence-electron chi connectivity index (χ0n) is 8.37. The van der Waals surface area contributed by atoms with Crippen LogP contribution in [0.2, 0.25) is 0 Å². The zero-order chi connectivity index (χ0) is 11.3. The van der Waals surface area contributed by atoms with Crippen molar-refractivity contribution in [2.45, 2.75) is 0 Å². The molecular weight excluding hydrogens is 214 g/mol. The standard InChI is InChI=1S/C9H13N3O2S/c1-11-2-3-12-9(14)7-4-6(5-15-7)8(10)13/h4-5,11H,2-3H2,1H3,(H2,10,13)(H,12,14). The minimum atomic E-state index is -0.513. The summed E-state index contributed by atoms with van der Waals surface area (Å²) < 4.78 is 0. The van der Waals surface area contributed by atoms with Crippen LogP contribution in [-0.2, 0) is 0 Å². The molecule has 4 N–H and O–H groups in total. The van der Waals surface area contributed by atoms with E-state index >= 15 is 0 Å². The van der Waals surface area contributed by atoms with Gasteiger partial charge in [0.05, 0.1) is 10.4 Å². The van der Waals surface area contributed by atoms with Crippen molar-refractivity contribution in [3.8, 4) is 0 Å². The van der Waals surface area contributed by atoms with Crippen molar-refractivity contribution in [2.75, 3.05) is 20.1 Å². The SMILES string of the molecule is CNCCNC(=O)c1cc(C(N)=O)cs1. The average molecular weight is 227 g/mol. The quantitative estimate of drug-likeness (QED) is 0.609. The van der Waals surface area contributed by atoms with E-state index in [2.05, 4.69) is 10.6 Å². The molecular formula is C9H13N3O2S. The molecule has 0 unspecified atom stereocenters. The van der Waals surface area contributed by atoms with Gasteiger partial charge in [-0.1, -0.05) is 0 Å². The fourth-order valence-electron chi connectivity index (χ4n) is 0.973. The second-order valence-electron chi connectivity index (χ2n) is 2.92. The van der Waals surface area contributed by atoms with E-state index < -0.39 is 5.91 Å². The fraction of sp³-hybridized carbons (Fsp3) is 0.333. The van der Waals surface area contributed by atoms with E-state index in [9.17, 15) is 9.59 Å². The van der Waals surface area contributed by atoms with Gasteiger partial charge in [0, 0.05) is 18.5 Å². The van der Waals surface area contributed by atoms with E-state index in [0.717, 1.165) is 0 Å². The van der Waals surface area contributed by atoms with Crippen molar-refractivity contribution in [2.24, 2.45) is 5.73 Å². The molecule has 6 heteroatoms. The monoisotopic (exact) mass is 227 g/mol. The highest BCUT2D eigenvalue weighted by molar-refractivity contribution is 7.12. The number of primary amides is 1. The number of nitrogens with two attached hydrogens (primary N) is 1. The molecule has 5 nitrogen and oxygen atoms in total. The van der Waals surface area contributed by atoms with Gasteiger partial charge in [0.1, 0.15) is 0 Å². The summed E-state index contributed by atoms with van der Waals surface area (Å²) in [6.45, 7) is 1.26. The molecule has 1 heterocycles. The number of thiophene rings is 1. The van der Waals surface area contributed by atoms with Gasteiger partial charge in [0.15, 0.2) is 0 Å². The average Bonchev–Trinajstić information content (AvgIpc) is 2.66. The largest absolute Gasteiger partial charge is 0.366 e. The van der Waals surface area contributed by atoms with Crippen molar-refractivity contribution in [1.29, 1.82) is 0 Å². The molecule has 2 amide bonds. The van der Waals surface area contributed by atoms with Gasteiger partial charge in [-0.3, -0.25) is 9.59 Å². The smallest absolute Gasteiger partial charge is 0.261 e. The summed E-state index contributed by atoms with van der Waals surface area (Å²) in [7, 11) is 1.81. The summed E-state index contributed by atoms with van der Waals surface area (Å²) in [6.07, 6.45) is 0. The van der Waals surface area contributed by atoms with Crippen LogP contribution in [0.15, 0.2) is 11.4 Å². The Hall–Kier alpha value is -1.40. The van der Waals surface area contributed by atoms with E-state index in [1.807, 2.05) is 7.05 Å². The van der Waals surface area contributed by atoms with Crippen molar-refractivity contribution < 1.29 is 9.59 Å². The Bertz CT molecular complexity index is 362. The second kappa shape index (κ2) is 5.47. The van der Waals surface area contributed by atoms with Gasteiger partial charge in [-0.2, -0.15) is 0 Å². The first kappa shape index (κ1) is 11.7. The Morgan fingerprint density at radius 1 is 1.47 bits per heavy atom. The molecule has 1 aromatic heterocycles. The Balaban J connectivity index is 2.54. The molecule has 0 atom stereocenters. The molecule has 0 aliphatic heterocycles. The molecule has 0 aliphatic carbocycles. The summed E-state index contributed by atoms with van der Waals surface area (Å²) in [5.41, 5.74) is 5.45. The van der Waals surface area contributed by atoms with Crippen molar-refractivity contribution in [3.05, 3.63) is 21.9 Å². The third kappa shape index (κ3) is 3.34. The van der Waals surface area contributed by atoms with Gasteiger partial charge in [-0.25, -0.2) is 0 Å². The van der Waals surface area contributed by atoms with Crippen LogP contribution in [0.1, 0.15) is 20.0 Å². The summed E-state index contributed by atoms with van der Waals surface area (Å²) >= 11 is 1.21. The number of amides is 2. The third-order valence-electron chi connectivity index (χ3n) is 1.77. The highest BCUT2D eigenvalue weighted by Crippen LogP contribution is 2.13. The Labute approximate surface area is 91.7 Å². The van der Waals surface area contributed by atoms with Gasteiger partial charge in [-0.15, -0.1) is 11.3 Å². The number of carbonyl (C=O) groups excluding carboxylic acids is 2. The molecule has 0 spiro atoms. The molecule has 0 saturated heterocycles. The van der Waals surface area contributed by atoms with Crippen molar-refractivity contribution in [3.63, 3.8) is 0 Å². The minimum absolute atomic E-state index is 0.178. The first-order valence-electron chi connectivity index (χ1n) is 4.46. The lowest BCUT2D eigenvalue weighted by Crippen LogP contribution is -2.29. The van der Waals surface area contributed by atoms with Crippen LogP contribution in [0, 0.1) is 0 Å². The highest BCUT2D eigenvalue weighted by atomic mass is 32.1. The Kier molecular flexibility index (Phi) is 4.26. The molecule has 0 aliphatic rings. The van der Waals surface area contributed by atoms with E-state index in [1.54, 1.807) is 5.38 Å². The lowest BCUT2D eigenvalue weighted by Gasteiger charge is -2.01. The first-order chi connectivity index (χ1) is 7.15. The van der Waals surface area contributed by atoms with E-state index in [4.69, 9.17) is 5.73 Å². The summed E-state index contributed by atoms with van der Waals surface area (Å²) in [4.78, 5) is 22.8. The first-order valence-corrected chi connectivity index (χ1v) is 5.34. The molecule has 15 heavy (non-hydrogen) atoms. The third-order valence-corrected chi connectivity index (χ3v) is 2.70. The van der Waals surface area contributed by atoms with Crippen molar-refractivity contribution >= 4 is 23.2 Å². The number of hydrogen-bond donors (Lipinski definition) is 3. The highest BCUT2D eigenvalue weighted by Gasteiger charge is 2.10. The van der Waals surface area contributed by atoms with Crippen LogP contribution < -0.4 is 16.4 Å². The lowest BCUT2D eigenvalue weighted by atomic mass is 10.3. The second-order valence-corrected chi connectivity index (χ2v) is 3.83. The number of nitrogens with one attached hydrogen (secondary N) is 2. The van der Waals surface area contributed by atoms with Crippen LogP contribution in [0.25, 0.3) is 0 Å². The number of hydrogen-bond acceptors (Lipinski definition) is 4. The molecule has 0 fully saturated rings. The van der Waals surface area contributed by atoms with E-state index in [0.29, 0.717) is 23.5 Å². The molecule has 82 valence electrons. The lowest BCUT2D eigenvalue weighted by molar-refractivity contribution is 0.0958. The van der Waals surface area contributed by atoms with Crippen LogP contribution >= 0.6 is 11.3 Å². The minimum Gasteiger partial charge on any atom is -0.366 e. The molecule has 0 saturated carbocycles. The summed E-state index contributed by atoms with van der Waals surface area (Å²) in [6, 6.07) is 1.50. The van der Waals surface area contributed by atoms with Gasteiger partial charge in [0.25, 0.3) is 5.91 Å². The molecule has 0 aromatic carbocycles. The fourth-order valence-corrected chi connectivity index (χ4v) is 1.79. The summed E-state index contributed by atoms with van der Waals surface area (Å²) in [5, 5.41) is 7.20. The number of carbonyl (C=O) groups is 2. The van der Waals surface area contributed by atoms with Gasteiger partial charge in [-0.05, 0) is 13.1 Å². The Morgan fingerprint density at radius 3 is 2.73 bits per heavy atom. The van der Waals surface area contributed by atoms with Gasteiger partial charge in [0.2, 0.25) is 5.91 Å². The maximum absolute atomic E-state index is 11.5. The van der Waals surface area contributed by atoms with Crippen molar-refractivity contribution in [1.82, 2.24) is 10.6 Å². The van der Waals surface area contributed by atoms with Crippen LogP contribution in [0.4, 0.5) is 0 Å². The maximum atomic E-state index is 11.5. The maximum Gasteiger partial charge on any atom is 0.261 e. The number of rotatable bonds is 5. The van der Waals surface area contributed by atoms with Crippen LogP contribution in [0.3, 0.4) is 0 Å². The molecule has 1 rings (SSSR count). The van der Waals surface area contributed by atoms with E-state index in [1.165, 1.54) is 17.4 Å². The predicted octanol–water partition coefficient (Wildman–Crippen LogP) is -0.204. The Morgan fingerprint density at radius 2 is 2.20 bits per heavy atom. The summed E-state index contributed by atoms with van der Waals surface area (Å²) in [5.74, 6) is -0.691. The van der Waals surface area contributed by atoms with Gasteiger partial charge < -0.3 is 16.4 Å². The topological polar surface area (TPSA) is 84.2 Å². The zero-order valence-corrected chi connectivity index (χ0v) is 9.19. The molecule has 0 radical (unpaired) electrons. The van der Waals surface area contributed by atoms with Crippen LogP contribution in [-0.4, -0.2) is 32.0 Å².